The molecule has 2 fully saturated rings. The molecule has 2 aliphatic rings. The lowest BCUT2D eigenvalue weighted by Crippen LogP contribution is -2.56. The molecule has 7 nitrogen and oxygen atoms in total. The van der Waals surface area contributed by atoms with Crippen LogP contribution < -0.4 is 5.32 Å². The van der Waals surface area contributed by atoms with E-state index in [1.807, 2.05) is 18.2 Å². The molecule has 0 atom stereocenters. The van der Waals surface area contributed by atoms with Crippen molar-refractivity contribution < 1.29 is 14.4 Å². The first-order valence-electron chi connectivity index (χ1n) is 8.26. The summed E-state index contributed by atoms with van der Waals surface area (Å²) < 4.78 is 0. The highest BCUT2D eigenvalue weighted by Gasteiger charge is 2.30. The van der Waals surface area contributed by atoms with Gasteiger partial charge in [0.2, 0.25) is 11.8 Å². The number of piperazine rings is 1. The van der Waals surface area contributed by atoms with Gasteiger partial charge in [-0.15, -0.1) is 0 Å². The lowest BCUT2D eigenvalue weighted by molar-refractivity contribution is -0.139. The van der Waals surface area contributed by atoms with Crippen LogP contribution in [0.1, 0.15) is 12.0 Å². The van der Waals surface area contributed by atoms with Gasteiger partial charge in [0, 0.05) is 45.7 Å². The average Bonchev–Trinajstić information content (AvgIpc) is 2.60. The predicted molar refractivity (Wildman–Crippen MR) is 88.0 cm³/mol. The molecule has 1 aromatic rings. The summed E-state index contributed by atoms with van der Waals surface area (Å²) in [6.45, 7) is 3.88. The maximum absolute atomic E-state index is 12.4. The molecule has 7 heteroatoms. The Hall–Kier alpha value is -2.41. The van der Waals surface area contributed by atoms with E-state index in [2.05, 4.69) is 22.3 Å². The molecule has 0 aromatic heterocycles. The van der Waals surface area contributed by atoms with E-state index < -0.39 is 6.03 Å². The van der Waals surface area contributed by atoms with Crippen LogP contribution in [0.2, 0.25) is 0 Å². The topological polar surface area (TPSA) is 73.0 Å². The number of urea groups is 1. The van der Waals surface area contributed by atoms with Gasteiger partial charge in [-0.25, -0.2) is 4.79 Å². The molecule has 2 aliphatic heterocycles. The van der Waals surface area contributed by atoms with Gasteiger partial charge < -0.3 is 10.2 Å². The summed E-state index contributed by atoms with van der Waals surface area (Å²) >= 11 is 0. The highest BCUT2D eigenvalue weighted by Crippen LogP contribution is 2.10. The molecule has 0 spiro atoms. The van der Waals surface area contributed by atoms with Gasteiger partial charge in [0.1, 0.15) is 6.54 Å². The number of hydrogen-bond donors (Lipinski definition) is 1. The summed E-state index contributed by atoms with van der Waals surface area (Å²) in [6.07, 6.45) is 0.254. The Morgan fingerprint density at radius 2 is 1.75 bits per heavy atom. The molecule has 2 saturated heterocycles. The molecule has 2 heterocycles. The summed E-state index contributed by atoms with van der Waals surface area (Å²) in [5.74, 6) is -0.449. The lowest BCUT2D eigenvalue weighted by atomic mass is 10.2. The van der Waals surface area contributed by atoms with Gasteiger partial charge in [-0.05, 0) is 5.56 Å². The second kappa shape index (κ2) is 7.44. The molecule has 0 aliphatic carbocycles. The number of carbonyl (C=O) groups is 3. The number of imide groups is 1. The predicted octanol–water partition coefficient (Wildman–Crippen LogP) is 0.273. The van der Waals surface area contributed by atoms with Crippen molar-refractivity contribution in [2.75, 3.05) is 39.3 Å². The van der Waals surface area contributed by atoms with Crippen LogP contribution in [0.25, 0.3) is 0 Å². The number of nitrogens with zero attached hydrogens (tertiary/aromatic N) is 3. The van der Waals surface area contributed by atoms with Crippen LogP contribution in [0.4, 0.5) is 4.79 Å². The molecule has 24 heavy (non-hydrogen) atoms. The Labute approximate surface area is 141 Å². The van der Waals surface area contributed by atoms with E-state index in [-0.39, 0.29) is 24.8 Å². The number of hydrogen-bond acceptors (Lipinski definition) is 4. The zero-order valence-corrected chi connectivity index (χ0v) is 13.6. The third-order valence-corrected chi connectivity index (χ3v) is 4.43. The van der Waals surface area contributed by atoms with Crippen LogP contribution in [0.15, 0.2) is 30.3 Å². The van der Waals surface area contributed by atoms with Gasteiger partial charge >= 0.3 is 6.03 Å². The van der Waals surface area contributed by atoms with Crippen LogP contribution in [0.3, 0.4) is 0 Å². The van der Waals surface area contributed by atoms with Crippen molar-refractivity contribution >= 4 is 17.8 Å². The molecular formula is C17H22N4O3. The van der Waals surface area contributed by atoms with Crippen LogP contribution in [0.5, 0.6) is 0 Å². The number of rotatable bonds is 4. The van der Waals surface area contributed by atoms with Crippen LogP contribution in [0, 0.1) is 0 Å². The summed E-state index contributed by atoms with van der Waals surface area (Å²) in [5.41, 5.74) is 1.26. The van der Waals surface area contributed by atoms with Crippen molar-refractivity contribution in [3.05, 3.63) is 35.9 Å². The van der Waals surface area contributed by atoms with Crippen molar-refractivity contribution in [1.29, 1.82) is 0 Å². The van der Waals surface area contributed by atoms with Gasteiger partial charge in [-0.2, -0.15) is 0 Å². The minimum absolute atomic E-state index is 0.163. The monoisotopic (exact) mass is 330 g/mol. The maximum atomic E-state index is 12.4. The van der Waals surface area contributed by atoms with Gasteiger partial charge in [0.15, 0.2) is 0 Å². The smallest absolute Gasteiger partial charge is 0.324 e. The van der Waals surface area contributed by atoms with Crippen LogP contribution in [-0.2, 0) is 16.1 Å². The third-order valence-electron chi connectivity index (χ3n) is 4.43. The number of benzene rings is 1. The standard InChI is InChI=1S/C17H22N4O3/c22-15-6-7-18-17(24)21(15)13-16(23)20-10-8-19(9-11-20)12-14-4-2-1-3-5-14/h1-5H,6-13H2,(H,18,24). The molecular weight excluding hydrogens is 308 g/mol. The summed E-state index contributed by atoms with van der Waals surface area (Å²) in [5, 5.41) is 2.59. The average molecular weight is 330 g/mol. The highest BCUT2D eigenvalue weighted by atomic mass is 16.2. The Kier molecular flexibility index (Phi) is 5.10. The van der Waals surface area contributed by atoms with Gasteiger partial charge in [0.25, 0.3) is 0 Å². The number of nitrogens with one attached hydrogen (secondary N) is 1. The number of amides is 4. The minimum atomic E-state index is -0.470. The van der Waals surface area contributed by atoms with Crippen molar-refractivity contribution in [3.8, 4) is 0 Å². The molecule has 1 aromatic carbocycles. The van der Waals surface area contributed by atoms with Crippen molar-refractivity contribution in [2.24, 2.45) is 0 Å². The second-order valence-corrected chi connectivity index (χ2v) is 6.10. The van der Waals surface area contributed by atoms with E-state index in [1.54, 1.807) is 4.90 Å². The largest absolute Gasteiger partial charge is 0.339 e. The highest BCUT2D eigenvalue weighted by molar-refractivity contribution is 6.00. The fourth-order valence-electron chi connectivity index (χ4n) is 3.01. The minimum Gasteiger partial charge on any atom is -0.339 e. The molecule has 1 N–H and O–H groups in total. The van der Waals surface area contributed by atoms with Gasteiger partial charge in [-0.3, -0.25) is 19.4 Å². The molecule has 0 radical (unpaired) electrons. The zero-order chi connectivity index (χ0) is 16.9. The van der Waals surface area contributed by atoms with Gasteiger partial charge in [-0.1, -0.05) is 30.3 Å². The summed E-state index contributed by atoms with van der Waals surface area (Å²) in [7, 11) is 0. The quantitative estimate of drug-likeness (QED) is 0.860. The molecule has 0 unspecified atom stereocenters. The SMILES string of the molecule is O=C(CN1C(=O)CCNC1=O)N1CCN(Cc2ccccc2)CC1. The number of carbonyl (C=O) groups excluding carboxylic acids is 3. The van der Waals surface area contributed by atoms with Crippen molar-refractivity contribution in [3.63, 3.8) is 0 Å². The van der Waals surface area contributed by atoms with E-state index in [4.69, 9.17) is 0 Å². The summed E-state index contributed by atoms with van der Waals surface area (Å²) in [4.78, 5) is 40.9. The third kappa shape index (κ3) is 3.91. The van der Waals surface area contributed by atoms with E-state index in [0.29, 0.717) is 19.6 Å². The van der Waals surface area contributed by atoms with Crippen LogP contribution in [-0.4, -0.2) is 71.8 Å². The van der Waals surface area contributed by atoms with E-state index in [1.165, 1.54) is 5.56 Å². The Morgan fingerprint density at radius 3 is 2.42 bits per heavy atom. The normalized spacial score (nSPS) is 19.3. The van der Waals surface area contributed by atoms with Crippen molar-refractivity contribution in [2.45, 2.75) is 13.0 Å². The zero-order valence-electron chi connectivity index (χ0n) is 13.6. The first-order chi connectivity index (χ1) is 11.6. The molecule has 0 bridgehead atoms. The first kappa shape index (κ1) is 16.4. The lowest BCUT2D eigenvalue weighted by Gasteiger charge is -2.36. The fourth-order valence-corrected chi connectivity index (χ4v) is 3.01. The Balaban J connectivity index is 1.48. The van der Waals surface area contributed by atoms with Crippen molar-refractivity contribution in [1.82, 2.24) is 20.0 Å². The summed E-state index contributed by atoms with van der Waals surface area (Å²) in [6, 6.07) is 9.77. The second-order valence-electron chi connectivity index (χ2n) is 6.10. The Morgan fingerprint density at radius 1 is 1.04 bits per heavy atom. The van der Waals surface area contributed by atoms with E-state index >= 15 is 0 Å². The van der Waals surface area contributed by atoms with E-state index in [0.717, 1.165) is 24.5 Å². The molecule has 0 saturated carbocycles. The van der Waals surface area contributed by atoms with Crippen LogP contribution >= 0.6 is 0 Å². The first-order valence-corrected chi connectivity index (χ1v) is 8.26. The Bertz CT molecular complexity index is 596. The molecule has 4 amide bonds. The molecule has 3 rings (SSSR count). The van der Waals surface area contributed by atoms with E-state index in [9.17, 15) is 14.4 Å². The molecule has 128 valence electrons. The maximum Gasteiger partial charge on any atom is 0.324 e. The fraction of sp³-hybridized carbons (Fsp3) is 0.471. The van der Waals surface area contributed by atoms with Gasteiger partial charge in [0.05, 0.1) is 0 Å².